The standard InChI is InChI=1S/C53H88O10/c1-3-5-7-9-11-13-15-17-19-21-23-25-27-29-31-33-35-37-39-41-48(55)60-44-46(45-61-53-52(59)51(58)50(57)47(43-54)63-53)62-49(56)42-40-38-36-34-32-30-28-26-24-22-20-18-16-14-12-10-8-6-4-2/h6,8,11-14,17-20,24,26,30,32,46-47,50-54,57-59H,3-5,7,9-10,15-16,21-23,25,27-29,31,33-45H2,1-2H3/b8-6-,13-11-,14-12-,19-17-,20-18-,26-24-,32-30-. The molecule has 1 aliphatic heterocycles. The summed E-state index contributed by atoms with van der Waals surface area (Å²) in [7, 11) is 0. The fourth-order valence-electron chi connectivity index (χ4n) is 6.89. The third kappa shape index (κ3) is 34.0. The van der Waals surface area contributed by atoms with Crippen LogP contribution in [0.3, 0.4) is 0 Å². The largest absolute Gasteiger partial charge is 0.462 e. The molecule has 360 valence electrons. The number of hydrogen-bond donors (Lipinski definition) is 4. The second-order valence-electron chi connectivity index (χ2n) is 16.5. The average molecular weight is 885 g/mol. The van der Waals surface area contributed by atoms with Crippen molar-refractivity contribution in [2.75, 3.05) is 19.8 Å². The average Bonchev–Trinajstić information content (AvgIpc) is 3.28. The van der Waals surface area contributed by atoms with Crippen molar-refractivity contribution in [3.63, 3.8) is 0 Å². The summed E-state index contributed by atoms with van der Waals surface area (Å²) in [5, 5.41) is 40.2. The molecule has 6 unspecified atom stereocenters. The van der Waals surface area contributed by atoms with E-state index in [0.717, 1.165) is 83.5 Å². The molecule has 1 fully saturated rings. The number of aliphatic hydroxyl groups is 4. The number of hydrogen-bond acceptors (Lipinski definition) is 10. The van der Waals surface area contributed by atoms with Crippen LogP contribution in [0.2, 0.25) is 0 Å². The van der Waals surface area contributed by atoms with Gasteiger partial charge in [-0.1, -0.05) is 163 Å². The number of esters is 2. The minimum Gasteiger partial charge on any atom is -0.462 e. The first-order valence-electron chi connectivity index (χ1n) is 24.7. The number of carbonyl (C=O) groups excluding carboxylic acids is 2. The highest BCUT2D eigenvalue weighted by Crippen LogP contribution is 2.22. The molecule has 0 spiro atoms. The van der Waals surface area contributed by atoms with E-state index in [9.17, 15) is 30.0 Å². The van der Waals surface area contributed by atoms with Gasteiger partial charge in [-0.05, 0) is 89.9 Å². The number of aliphatic hydroxyl groups excluding tert-OH is 4. The van der Waals surface area contributed by atoms with Crippen molar-refractivity contribution in [3.05, 3.63) is 85.1 Å². The summed E-state index contributed by atoms with van der Waals surface area (Å²) >= 11 is 0. The van der Waals surface area contributed by atoms with Crippen LogP contribution in [0.5, 0.6) is 0 Å². The molecule has 0 saturated carbocycles. The molecule has 0 aromatic heterocycles. The van der Waals surface area contributed by atoms with Crippen molar-refractivity contribution in [1.29, 1.82) is 0 Å². The van der Waals surface area contributed by atoms with Crippen LogP contribution in [-0.2, 0) is 28.5 Å². The summed E-state index contributed by atoms with van der Waals surface area (Å²) in [4.78, 5) is 25.4. The van der Waals surface area contributed by atoms with E-state index < -0.39 is 55.4 Å². The summed E-state index contributed by atoms with van der Waals surface area (Å²) in [6, 6.07) is 0. The first kappa shape index (κ1) is 57.9. The zero-order valence-corrected chi connectivity index (χ0v) is 39.3. The number of rotatable bonds is 40. The molecular weight excluding hydrogens is 797 g/mol. The van der Waals surface area contributed by atoms with Gasteiger partial charge in [0, 0.05) is 12.8 Å². The van der Waals surface area contributed by atoms with Crippen LogP contribution in [-0.4, -0.2) is 89.0 Å². The summed E-state index contributed by atoms with van der Waals surface area (Å²) in [6.45, 7) is 3.24. The van der Waals surface area contributed by atoms with Gasteiger partial charge in [0.05, 0.1) is 13.2 Å². The molecule has 0 aromatic carbocycles. The third-order valence-corrected chi connectivity index (χ3v) is 10.8. The first-order valence-corrected chi connectivity index (χ1v) is 24.7. The van der Waals surface area contributed by atoms with Crippen LogP contribution in [0.25, 0.3) is 0 Å². The maximum Gasteiger partial charge on any atom is 0.306 e. The summed E-state index contributed by atoms with van der Waals surface area (Å²) < 4.78 is 22.2. The fourth-order valence-corrected chi connectivity index (χ4v) is 6.89. The Hall–Kier alpha value is -3.12. The molecule has 0 bridgehead atoms. The second kappa shape index (κ2) is 42.8. The molecule has 0 aliphatic carbocycles. The molecular formula is C53H88O10. The third-order valence-electron chi connectivity index (χ3n) is 10.8. The predicted octanol–water partition coefficient (Wildman–Crippen LogP) is 11.3. The van der Waals surface area contributed by atoms with Gasteiger partial charge in [0.25, 0.3) is 0 Å². The van der Waals surface area contributed by atoms with Gasteiger partial charge in [-0.15, -0.1) is 0 Å². The van der Waals surface area contributed by atoms with E-state index in [-0.39, 0.29) is 26.1 Å². The molecule has 10 heteroatoms. The normalized spacial score (nSPS) is 20.3. The lowest BCUT2D eigenvalue weighted by atomic mass is 9.99. The van der Waals surface area contributed by atoms with Gasteiger partial charge in [-0.25, -0.2) is 0 Å². The van der Waals surface area contributed by atoms with E-state index in [1.54, 1.807) is 0 Å². The summed E-state index contributed by atoms with van der Waals surface area (Å²) in [5.41, 5.74) is 0. The lowest BCUT2D eigenvalue weighted by Gasteiger charge is -2.39. The van der Waals surface area contributed by atoms with Crippen LogP contribution in [0.1, 0.15) is 181 Å². The van der Waals surface area contributed by atoms with Gasteiger partial charge < -0.3 is 39.4 Å². The maximum absolute atomic E-state index is 12.8. The Morgan fingerprint density at radius 1 is 0.508 bits per heavy atom. The Balaban J connectivity index is 2.32. The van der Waals surface area contributed by atoms with Crippen molar-refractivity contribution in [3.8, 4) is 0 Å². The Morgan fingerprint density at radius 2 is 0.937 bits per heavy atom. The highest BCUT2D eigenvalue weighted by molar-refractivity contribution is 5.70. The van der Waals surface area contributed by atoms with Crippen LogP contribution < -0.4 is 0 Å². The van der Waals surface area contributed by atoms with Gasteiger partial charge in [-0.2, -0.15) is 0 Å². The topological polar surface area (TPSA) is 152 Å². The molecule has 1 saturated heterocycles. The Bertz CT molecular complexity index is 1300. The van der Waals surface area contributed by atoms with Gasteiger partial charge in [0.1, 0.15) is 31.0 Å². The number of carbonyl (C=O) groups is 2. The molecule has 63 heavy (non-hydrogen) atoms. The van der Waals surface area contributed by atoms with Gasteiger partial charge in [0.15, 0.2) is 12.4 Å². The number of unbranched alkanes of at least 4 members (excludes halogenated alkanes) is 15. The monoisotopic (exact) mass is 885 g/mol. The molecule has 0 radical (unpaired) electrons. The molecule has 6 atom stereocenters. The van der Waals surface area contributed by atoms with Crippen molar-refractivity contribution in [1.82, 2.24) is 0 Å². The molecule has 0 aromatic rings. The van der Waals surface area contributed by atoms with Crippen molar-refractivity contribution in [2.45, 2.75) is 218 Å². The fraction of sp³-hybridized carbons (Fsp3) is 0.698. The van der Waals surface area contributed by atoms with Crippen LogP contribution in [0, 0.1) is 0 Å². The second-order valence-corrected chi connectivity index (χ2v) is 16.5. The molecule has 4 N–H and O–H groups in total. The first-order chi connectivity index (χ1) is 30.8. The molecule has 1 rings (SSSR count). The molecule has 0 amide bonds. The SMILES string of the molecule is CC/C=C\C/C=C\C/C=C\C/C=C\C/C=C\CCCCCC(=O)OC(COC(=O)CCCCCCCCCCC/C=C\C/C=C\CCCCC)COC1OC(CO)C(O)C(O)C1O. The zero-order chi connectivity index (χ0) is 45.9. The van der Waals surface area contributed by atoms with Crippen molar-refractivity contribution >= 4 is 11.9 Å². The molecule has 1 aliphatic rings. The van der Waals surface area contributed by atoms with Gasteiger partial charge in [-0.3, -0.25) is 9.59 Å². The number of allylic oxidation sites excluding steroid dienone is 14. The van der Waals surface area contributed by atoms with E-state index in [4.69, 9.17) is 18.9 Å². The summed E-state index contributed by atoms with van der Waals surface area (Å²) in [6.07, 6.45) is 48.7. The van der Waals surface area contributed by atoms with Crippen molar-refractivity contribution in [2.24, 2.45) is 0 Å². The van der Waals surface area contributed by atoms with Crippen molar-refractivity contribution < 1.29 is 49.0 Å². The Kier molecular flexibility index (Phi) is 39.3. The molecule has 10 nitrogen and oxygen atoms in total. The quantitative estimate of drug-likeness (QED) is 0.0266. The molecule has 1 heterocycles. The van der Waals surface area contributed by atoms with Gasteiger partial charge in [0.2, 0.25) is 0 Å². The van der Waals surface area contributed by atoms with E-state index in [0.29, 0.717) is 12.8 Å². The Labute approximate surface area is 382 Å². The smallest absolute Gasteiger partial charge is 0.306 e. The van der Waals surface area contributed by atoms with E-state index in [1.807, 2.05) is 0 Å². The highest BCUT2D eigenvalue weighted by Gasteiger charge is 2.44. The summed E-state index contributed by atoms with van der Waals surface area (Å²) in [5.74, 6) is -0.854. The maximum atomic E-state index is 12.8. The minimum absolute atomic E-state index is 0.185. The lowest BCUT2D eigenvalue weighted by molar-refractivity contribution is -0.305. The lowest BCUT2D eigenvalue weighted by Crippen LogP contribution is -2.59. The van der Waals surface area contributed by atoms with E-state index in [1.165, 1.54) is 57.8 Å². The van der Waals surface area contributed by atoms with Crippen LogP contribution in [0.15, 0.2) is 85.1 Å². The Morgan fingerprint density at radius 3 is 1.43 bits per heavy atom. The number of ether oxygens (including phenoxy) is 4. The van der Waals surface area contributed by atoms with Crippen LogP contribution >= 0.6 is 0 Å². The minimum atomic E-state index is -1.61. The zero-order valence-electron chi connectivity index (χ0n) is 39.3. The predicted molar refractivity (Wildman–Crippen MR) is 256 cm³/mol. The van der Waals surface area contributed by atoms with E-state index in [2.05, 4.69) is 98.9 Å². The van der Waals surface area contributed by atoms with Crippen LogP contribution in [0.4, 0.5) is 0 Å². The highest BCUT2D eigenvalue weighted by atomic mass is 16.7. The van der Waals surface area contributed by atoms with Gasteiger partial charge >= 0.3 is 11.9 Å². The van der Waals surface area contributed by atoms with E-state index >= 15 is 0 Å².